The van der Waals surface area contributed by atoms with Crippen LogP contribution in [-0.2, 0) is 4.74 Å². The van der Waals surface area contributed by atoms with Gasteiger partial charge in [0.2, 0.25) is 5.88 Å². The monoisotopic (exact) mass is 217 g/mol. The van der Waals surface area contributed by atoms with Crippen molar-refractivity contribution in [3.05, 3.63) is 17.4 Å². The number of rotatable bonds is 2. The molecule has 5 nitrogen and oxygen atoms in total. The third-order valence-electron chi connectivity index (χ3n) is 1.90. The largest absolute Gasteiger partial charge is 0.441 e. The summed E-state index contributed by atoms with van der Waals surface area (Å²) in [5.41, 5.74) is 0. The molecule has 0 unspecified atom stereocenters. The summed E-state index contributed by atoms with van der Waals surface area (Å²) in [7, 11) is 0. The molecule has 1 amide bonds. The van der Waals surface area contributed by atoms with E-state index in [4.69, 9.17) is 25.9 Å². The minimum Gasteiger partial charge on any atom is -0.441 e. The van der Waals surface area contributed by atoms with Gasteiger partial charge in [-0.25, -0.2) is 9.69 Å². The molecular weight excluding hydrogens is 210 g/mol. The van der Waals surface area contributed by atoms with E-state index in [9.17, 15) is 4.79 Å². The summed E-state index contributed by atoms with van der Waals surface area (Å²) in [6, 6.07) is 3.11. The lowest BCUT2D eigenvalue weighted by Crippen LogP contribution is -2.24. The second kappa shape index (κ2) is 3.51. The minimum atomic E-state index is -0.532. The fourth-order valence-corrected chi connectivity index (χ4v) is 1.39. The van der Waals surface area contributed by atoms with Crippen molar-refractivity contribution in [2.75, 3.05) is 18.1 Å². The Labute approximate surface area is 84.8 Å². The van der Waals surface area contributed by atoms with Crippen LogP contribution in [-0.4, -0.2) is 30.5 Å². The quantitative estimate of drug-likeness (QED) is 0.810. The molecule has 14 heavy (non-hydrogen) atoms. The number of hydrogen-bond acceptors (Lipinski definition) is 4. The molecule has 0 aromatic carbocycles. The van der Waals surface area contributed by atoms with E-state index in [1.165, 1.54) is 11.0 Å². The molecule has 1 saturated heterocycles. The molecule has 1 N–H and O–H groups in total. The van der Waals surface area contributed by atoms with Gasteiger partial charge in [0.05, 0.1) is 13.2 Å². The van der Waals surface area contributed by atoms with Crippen molar-refractivity contribution in [2.24, 2.45) is 0 Å². The van der Waals surface area contributed by atoms with E-state index in [1.807, 2.05) is 0 Å². The van der Waals surface area contributed by atoms with Crippen LogP contribution in [0.25, 0.3) is 0 Å². The Kier molecular flexibility index (Phi) is 2.35. The van der Waals surface area contributed by atoms with Gasteiger partial charge in [-0.05, 0) is 17.7 Å². The van der Waals surface area contributed by atoms with Gasteiger partial charge in [-0.15, -0.1) is 0 Å². The summed E-state index contributed by atoms with van der Waals surface area (Å²) >= 11 is 5.56. The molecule has 0 spiro atoms. The summed E-state index contributed by atoms with van der Waals surface area (Å²) in [6.07, 6.45) is -1.03. The Hall–Kier alpha value is -1.20. The molecule has 2 heterocycles. The van der Waals surface area contributed by atoms with Gasteiger partial charge < -0.3 is 14.3 Å². The van der Waals surface area contributed by atoms with Crippen molar-refractivity contribution in [1.29, 1.82) is 0 Å². The van der Waals surface area contributed by atoms with Gasteiger partial charge in [0.1, 0.15) is 6.10 Å². The maximum Gasteiger partial charge on any atom is 0.417 e. The number of furan rings is 1. The van der Waals surface area contributed by atoms with Crippen LogP contribution in [0.1, 0.15) is 0 Å². The van der Waals surface area contributed by atoms with Crippen molar-refractivity contribution >= 4 is 23.6 Å². The number of aliphatic hydroxyl groups is 1. The van der Waals surface area contributed by atoms with Crippen molar-refractivity contribution in [2.45, 2.75) is 6.10 Å². The summed E-state index contributed by atoms with van der Waals surface area (Å²) in [6.45, 7) is 0.0792. The molecule has 76 valence electrons. The first-order chi connectivity index (χ1) is 6.70. The van der Waals surface area contributed by atoms with Crippen LogP contribution in [0.4, 0.5) is 10.7 Å². The topological polar surface area (TPSA) is 62.9 Å². The summed E-state index contributed by atoms with van der Waals surface area (Å²) in [4.78, 5) is 12.5. The third kappa shape index (κ3) is 1.56. The highest BCUT2D eigenvalue weighted by molar-refractivity contribution is 6.29. The first-order valence-electron chi connectivity index (χ1n) is 4.05. The normalized spacial score (nSPS) is 21.4. The molecule has 1 aromatic rings. The highest BCUT2D eigenvalue weighted by Crippen LogP contribution is 2.25. The number of aliphatic hydroxyl groups excluding tert-OH is 1. The van der Waals surface area contributed by atoms with Crippen LogP contribution in [0.15, 0.2) is 16.5 Å². The zero-order chi connectivity index (χ0) is 10.1. The van der Waals surface area contributed by atoms with Crippen LogP contribution < -0.4 is 4.90 Å². The molecular formula is C8H8ClNO4. The minimum absolute atomic E-state index is 0.198. The Morgan fingerprint density at radius 1 is 1.64 bits per heavy atom. The predicted octanol–water partition coefficient (Wildman–Crippen LogP) is 1.25. The van der Waals surface area contributed by atoms with E-state index in [0.717, 1.165) is 0 Å². The van der Waals surface area contributed by atoms with Gasteiger partial charge in [-0.3, -0.25) is 0 Å². The van der Waals surface area contributed by atoms with Crippen LogP contribution in [0, 0.1) is 0 Å². The van der Waals surface area contributed by atoms with Crippen LogP contribution in [0.2, 0.25) is 5.22 Å². The molecule has 1 aliphatic heterocycles. The number of amides is 1. The zero-order valence-electron chi connectivity index (χ0n) is 7.14. The lowest BCUT2D eigenvalue weighted by atomic mass is 10.4. The third-order valence-corrected chi connectivity index (χ3v) is 2.11. The second-order valence-electron chi connectivity index (χ2n) is 2.88. The van der Waals surface area contributed by atoms with Gasteiger partial charge in [0.15, 0.2) is 5.22 Å². The number of halogens is 1. The van der Waals surface area contributed by atoms with E-state index < -0.39 is 12.2 Å². The van der Waals surface area contributed by atoms with Crippen molar-refractivity contribution in [1.82, 2.24) is 0 Å². The average Bonchev–Trinajstić information content (AvgIpc) is 2.71. The molecule has 0 saturated carbocycles. The Balaban J connectivity index is 2.16. The summed E-state index contributed by atoms with van der Waals surface area (Å²) < 4.78 is 9.86. The molecule has 1 aliphatic rings. The maximum absolute atomic E-state index is 11.2. The molecule has 0 aliphatic carbocycles. The second-order valence-corrected chi connectivity index (χ2v) is 3.25. The van der Waals surface area contributed by atoms with Crippen LogP contribution >= 0.6 is 11.6 Å². The fourth-order valence-electron chi connectivity index (χ4n) is 1.25. The van der Waals surface area contributed by atoms with E-state index >= 15 is 0 Å². The van der Waals surface area contributed by atoms with Crippen molar-refractivity contribution in [3.63, 3.8) is 0 Å². The van der Waals surface area contributed by atoms with E-state index in [-0.39, 0.29) is 18.4 Å². The molecule has 0 bridgehead atoms. The van der Waals surface area contributed by atoms with Gasteiger partial charge in [-0.1, -0.05) is 0 Å². The summed E-state index contributed by atoms with van der Waals surface area (Å²) in [5, 5.41) is 9.00. The lowest BCUT2D eigenvalue weighted by molar-refractivity contribution is 0.0963. The fraction of sp³-hybridized carbons (Fsp3) is 0.375. The maximum atomic E-state index is 11.2. The number of carbonyl (C=O) groups excluding carboxylic acids is 1. The summed E-state index contributed by atoms with van der Waals surface area (Å²) in [5.74, 6) is 0.330. The van der Waals surface area contributed by atoms with Gasteiger partial charge in [0, 0.05) is 6.07 Å². The first-order valence-corrected chi connectivity index (χ1v) is 4.43. The van der Waals surface area contributed by atoms with Crippen molar-refractivity contribution in [3.8, 4) is 0 Å². The molecule has 1 atom stereocenters. The SMILES string of the molecule is O=C1O[C@@H](CO)CN1c1ccc(Cl)o1. The van der Waals surface area contributed by atoms with E-state index in [0.29, 0.717) is 5.88 Å². The smallest absolute Gasteiger partial charge is 0.417 e. The van der Waals surface area contributed by atoms with E-state index in [1.54, 1.807) is 6.07 Å². The molecule has 1 aromatic heterocycles. The van der Waals surface area contributed by atoms with Gasteiger partial charge >= 0.3 is 6.09 Å². The predicted molar refractivity (Wildman–Crippen MR) is 48.4 cm³/mol. The Morgan fingerprint density at radius 3 is 2.93 bits per heavy atom. The van der Waals surface area contributed by atoms with E-state index in [2.05, 4.69) is 0 Å². The first kappa shape index (κ1) is 9.36. The number of hydrogen-bond donors (Lipinski definition) is 1. The molecule has 0 radical (unpaired) electrons. The van der Waals surface area contributed by atoms with Crippen LogP contribution in [0.5, 0.6) is 0 Å². The molecule has 1 fully saturated rings. The average molecular weight is 218 g/mol. The lowest BCUT2D eigenvalue weighted by Gasteiger charge is -2.07. The molecule has 6 heteroatoms. The standard InChI is InChI=1S/C8H8ClNO4/c9-6-1-2-7(14-6)10-3-5(4-11)13-8(10)12/h1-2,5,11H,3-4H2/t5-/m1/s1. The molecule has 2 rings (SSSR count). The number of anilines is 1. The number of carbonyl (C=O) groups is 1. The zero-order valence-corrected chi connectivity index (χ0v) is 7.90. The number of nitrogens with zero attached hydrogens (tertiary/aromatic N) is 1. The number of cyclic esters (lactones) is 1. The highest BCUT2D eigenvalue weighted by atomic mass is 35.5. The van der Waals surface area contributed by atoms with Gasteiger partial charge in [-0.2, -0.15) is 0 Å². The van der Waals surface area contributed by atoms with Crippen LogP contribution in [0.3, 0.4) is 0 Å². The Bertz CT molecular complexity index is 351. The number of ether oxygens (including phenoxy) is 1. The van der Waals surface area contributed by atoms with Crippen molar-refractivity contribution < 1.29 is 19.1 Å². The highest BCUT2D eigenvalue weighted by Gasteiger charge is 2.33. The van der Waals surface area contributed by atoms with Gasteiger partial charge in [0.25, 0.3) is 0 Å². The Morgan fingerprint density at radius 2 is 2.43 bits per heavy atom.